The molecule has 1 rings (SSSR count). The molecule has 0 aromatic carbocycles. The van der Waals surface area contributed by atoms with Gasteiger partial charge in [0.15, 0.2) is 0 Å². The van der Waals surface area contributed by atoms with E-state index >= 15 is 0 Å². The van der Waals surface area contributed by atoms with E-state index in [0.29, 0.717) is 10.8 Å². The molecule has 0 aliphatic carbocycles. The third kappa shape index (κ3) is 1.84. The summed E-state index contributed by atoms with van der Waals surface area (Å²) in [7, 11) is 0. The lowest BCUT2D eigenvalue weighted by Crippen LogP contribution is -2.45. The first-order chi connectivity index (χ1) is 6.31. The van der Waals surface area contributed by atoms with Gasteiger partial charge in [-0.2, -0.15) is 0 Å². The first kappa shape index (κ1) is 12.0. The number of rotatable bonds is 2. The van der Waals surface area contributed by atoms with E-state index in [1.807, 2.05) is 0 Å². The molecule has 0 radical (unpaired) electrons. The smallest absolute Gasteiger partial charge is 0.00160 e. The molecule has 1 N–H and O–H groups in total. The van der Waals surface area contributed by atoms with Crippen molar-refractivity contribution in [1.29, 1.82) is 0 Å². The Hall–Kier alpha value is -0.0400. The lowest BCUT2D eigenvalue weighted by molar-refractivity contribution is 0.0205. The molecule has 1 heteroatoms. The van der Waals surface area contributed by atoms with Crippen LogP contribution in [0, 0.1) is 22.7 Å². The highest BCUT2D eigenvalue weighted by Gasteiger charge is 2.48. The fraction of sp³-hybridized carbons (Fsp3) is 1.00. The predicted octanol–water partition coefficient (Wildman–Crippen LogP) is 3.30. The average molecular weight is 197 g/mol. The monoisotopic (exact) mass is 197 g/mol. The summed E-state index contributed by atoms with van der Waals surface area (Å²) in [5.74, 6) is 1.59. The maximum atomic E-state index is 3.56. The van der Waals surface area contributed by atoms with Gasteiger partial charge in [-0.3, -0.25) is 0 Å². The highest BCUT2D eigenvalue weighted by Crippen LogP contribution is 2.51. The molecule has 0 aromatic heterocycles. The molecule has 0 aromatic rings. The standard InChI is InChI=1S/C13H27N/c1-10(2)11(3)13(12(4,5)6)7-8-14-9-13/h10-11,14H,7-9H2,1-6H3. The van der Waals surface area contributed by atoms with Gasteiger partial charge < -0.3 is 5.32 Å². The Morgan fingerprint density at radius 1 is 1.14 bits per heavy atom. The Kier molecular flexibility index (Phi) is 3.30. The minimum atomic E-state index is 0.417. The Morgan fingerprint density at radius 3 is 2.00 bits per heavy atom. The van der Waals surface area contributed by atoms with Gasteiger partial charge in [-0.05, 0) is 35.6 Å². The normalized spacial score (nSPS) is 31.1. The predicted molar refractivity (Wildman–Crippen MR) is 63.4 cm³/mol. The van der Waals surface area contributed by atoms with E-state index < -0.39 is 0 Å². The second-order valence-corrected chi connectivity index (χ2v) is 6.37. The van der Waals surface area contributed by atoms with Gasteiger partial charge in [0, 0.05) is 6.54 Å². The minimum absolute atomic E-state index is 0.417. The van der Waals surface area contributed by atoms with Crippen molar-refractivity contribution in [3.8, 4) is 0 Å². The third-order valence-electron chi connectivity index (χ3n) is 4.55. The van der Waals surface area contributed by atoms with Crippen LogP contribution in [0.4, 0.5) is 0 Å². The fourth-order valence-corrected chi connectivity index (χ4v) is 3.06. The van der Waals surface area contributed by atoms with E-state index in [9.17, 15) is 0 Å². The fourth-order valence-electron chi connectivity index (χ4n) is 3.06. The van der Waals surface area contributed by atoms with Crippen molar-refractivity contribution < 1.29 is 0 Å². The molecular weight excluding hydrogens is 170 g/mol. The van der Waals surface area contributed by atoms with Crippen LogP contribution < -0.4 is 5.32 Å². The van der Waals surface area contributed by atoms with Gasteiger partial charge in [0.25, 0.3) is 0 Å². The summed E-state index contributed by atoms with van der Waals surface area (Å²) in [6.45, 7) is 16.8. The van der Waals surface area contributed by atoms with Gasteiger partial charge in [0.1, 0.15) is 0 Å². The molecule has 1 aliphatic rings. The quantitative estimate of drug-likeness (QED) is 0.716. The van der Waals surface area contributed by atoms with E-state index in [-0.39, 0.29) is 0 Å². The van der Waals surface area contributed by atoms with Crippen molar-refractivity contribution in [2.75, 3.05) is 13.1 Å². The van der Waals surface area contributed by atoms with E-state index in [4.69, 9.17) is 0 Å². The Morgan fingerprint density at radius 2 is 1.71 bits per heavy atom. The molecular formula is C13H27N. The molecule has 0 amide bonds. The van der Waals surface area contributed by atoms with Crippen LogP contribution in [0.1, 0.15) is 48.0 Å². The van der Waals surface area contributed by atoms with Crippen LogP contribution in [0.3, 0.4) is 0 Å². The summed E-state index contributed by atoms with van der Waals surface area (Å²) in [6.07, 6.45) is 1.34. The molecule has 0 spiro atoms. The van der Waals surface area contributed by atoms with E-state index in [2.05, 4.69) is 46.9 Å². The molecule has 1 heterocycles. The van der Waals surface area contributed by atoms with E-state index in [1.54, 1.807) is 0 Å². The largest absolute Gasteiger partial charge is 0.316 e. The second-order valence-electron chi connectivity index (χ2n) is 6.37. The maximum Gasteiger partial charge on any atom is 0.00160 e. The zero-order valence-electron chi connectivity index (χ0n) is 10.8. The number of nitrogens with one attached hydrogen (secondary N) is 1. The SMILES string of the molecule is CC(C)C(C)C1(C(C)(C)C)CCNC1. The Bertz CT molecular complexity index is 182. The van der Waals surface area contributed by atoms with Crippen molar-refractivity contribution in [3.05, 3.63) is 0 Å². The molecule has 1 fully saturated rings. The van der Waals surface area contributed by atoms with Gasteiger partial charge in [-0.1, -0.05) is 41.5 Å². The van der Waals surface area contributed by atoms with Crippen LogP contribution in [0.15, 0.2) is 0 Å². The molecule has 14 heavy (non-hydrogen) atoms. The average Bonchev–Trinajstić information content (AvgIpc) is 2.50. The van der Waals surface area contributed by atoms with Crippen LogP contribution in [0.2, 0.25) is 0 Å². The van der Waals surface area contributed by atoms with Crippen LogP contribution >= 0.6 is 0 Å². The van der Waals surface area contributed by atoms with Crippen LogP contribution in [-0.2, 0) is 0 Å². The van der Waals surface area contributed by atoms with Crippen molar-refractivity contribution in [3.63, 3.8) is 0 Å². The summed E-state index contributed by atoms with van der Waals surface area (Å²) in [5.41, 5.74) is 0.918. The van der Waals surface area contributed by atoms with Crippen molar-refractivity contribution >= 4 is 0 Å². The molecule has 84 valence electrons. The molecule has 2 atom stereocenters. The van der Waals surface area contributed by atoms with Crippen molar-refractivity contribution in [1.82, 2.24) is 5.32 Å². The molecule has 1 nitrogen and oxygen atoms in total. The van der Waals surface area contributed by atoms with Crippen molar-refractivity contribution in [2.24, 2.45) is 22.7 Å². The van der Waals surface area contributed by atoms with Gasteiger partial charge in [0.05, 0.1) is 0 Å². The van der Waals surface area contributed by atoms with Gasteiger partial charge >= 0.3 is 0 Å². The lowest BCUT2D eigenvalue weighted by atomic mass is 9.57. The highest BCUT2D eigenvalue weighted by molar-refractivity contribution is 5.00. The maximum absolute atomic E-state index is 3.56. The summed E-state index contributed by atoms with van der Waals surface area (Å²) >= 11 is 0. The van der Waals surface area contributed by atoms with Crippen molar-refractivity contribution in [2.45, 2.75) is 48.0 Å². The highest BCUT2D eigenvalue weighted by atomic mass is 14.9. The lowest BCUT2D eigenvalue weighted by Gasteiger charge is -2.48. The summed E-state index contributed by atoms with van der Waals surface area (Å²) < 4.78 is 0. The van der Waals surface area contributed by atoms with Gasteiger partial charge in [-0.15, -0.1) is 0 Å². The number of hydrogen-bond acceptors (Lipinski definition) is 1. The minimum Gasteiger partial charge on any atom is -0.316 e. The van der Waals surface area contributed by atoms with Crippen LogP contribution in [-0.4, -0.2) is 13.1 Å². The third-order valence-corrected chi connectivity index (χ3v) is 4.55. The van der Waals surface area contributed by atoms with Crippen LogP contribution in [0.25, 0.3) is 0 Å². The zero-order valence-corrected chi connectivity index (χ0v) is 10.8. The topological polar surface area (TPSA) is 12.0 Å². The Labute approximate surface area is 89.7 Å². The molecule has 2 unspecified atom stereocenters. The summed E-state index contributed by atoms with van der Waals surface area (Å²) in [5, 5.41) is 3.56. The van der Waals surface area contributed by atoms with Gasteiger partial charge in [0.2, 0.25) is 0 Å². The van der Waals surface area contributed by atoms with Crippen LogP contribution in [0.5, 0.6) is 0 Å². The zero-order chi connectivity index (χ0) is 11.0. The molecule has 0 saturated carbocycles. The van der Waals surface area contributed by atoms with Gasteiger partial charge in [-0.25, -0.2) is 0 Å². The van der Waals surface area contributed by atoms with E-state index in [0.717, 1.165) is 11.8 Å². The first-order valence-electron chi connectivity index (χ1n) is 6.02. The molecule has 0 bridgehead atoms. The molecule has 1 saturated heterocycles. The second kappa shape index (κ2) is 3.84. The summed E-state index contributed by atoms with van der Waals surface area (Å²) in [4.78, 5) is 0. The summed E-state index contributed by atoms with van der Waals surface area (Å²) in [6, 6.07) is 0. The number of hydrogen-bond donors (Lipinski definition) is 1. The first-order valence-corrected chi connectivity index (χ1v) is 6.02. The van der Waals surface area contributed by atoms with E-state index in [1.165, 1.54) is 19.5 Å². The molecule has 1 aliphatic heterocycles. The Balaban J connectivity index is 2.93.